The molecule has 3 heteroatoms. The fourth-order valence-corrected chi connectivity index (χ4v) is 4.20. The van der Waals surface area contributed by atoms with Crippen molar-refractivity contribution in [2.24, 2.45) is 0 Å². The largest absolute Gasteiger partial charge is 0.288 e. The molecule has 2 aliphatic carbocycles. The summed E-state index contributed by atoms with van der Waals surface area (Å²) in [4.78, 5) is 25.3. The summed E-state index contributed by atoms with van der Waals surface area (Å²) in [6, 6.07) is 14.3. The summed E-state index contributed by atoms with van der Waals surface area (Å²) in [7, 11) is 0. The number of amides is 2. The quantitative estimate of drug-likeness (QED) is 0.851. The fourth-order valence-electron chi connectivity index (χ4n) is 4.20. The van der Waals surface area contributed by atoms with Gasteiger partial charge in [0.15, 0.2) is 0 Å². The predicted octanol–water partition coefficient (Wildman–Crippen LogP) is 3.53. The third kappa shape index (κ3) is 2.07. The van der Waals surface area contributed by atoms with Crippen molar-refractivity contribution in [2.75, 3.05) is 0 Å². The zero-order chi connectivity index (χ0) is 17.8. The summed E-state index contributed by atoms with van der Waals surface area (Å²) < 4.78 is 0. The summed E-state index contributed by atoms with van der Waals surface area (Å²) in [5.74, 6) is -0.593. The van der Waals surface area contributed by atoms with Crippen LogP contribution < -0.4 is 5.32 Å². The van der Waals surface area contributed by atoms with E-state index in [4.69, 9.17) is 0 Å². The van der Waals surface area contributed by atoms with Crippen LogP contribution in [-0.4, -0.2) is 11.8 Å². The third-order valence-corrected chi connectivity index (χ3v) is 5.38. The Hall–Kier alpha value is -3.20. The molecule has 0 fully saturated rings. The first-order chi connectivity index (χ1) is 12.6. The maximum absolute atomic E-state index is 12.7. The van der Waals surface area contributed by atoms with Crippen molar-refractivity contribution in [3.63, 3.8) is 0 Å². The SMILES string of the molecule is Cc1ccc2c(c1)CC=C2C1=C(C2=CCc3ccccc32)C(=O)NC1=O. The lowest BCUT2D eigenvalue weighted by molar-refractivity contribution is -0.123. The van der Waals surface area contributed by atoms with Crippen molar-refractivity contribution < 1.29 is 9.59 Å². The minimum atomic E-state index is -0.297. The van der Waals surface area contributed by atoms with Crippen LogP contribution in [0.1, 0.15) is 27.8 Å². The summed E-state index contributed by atoms with van der Waals surface area (Å²) in [6.07, 6.45) is 5.71. The molecule has 0 bridgehead atoms. The second-order valence-corrected chi connectivity index (χ2v) is 6.99. The second-order valence-electron chi connectivity index (χ2n) is 6.99. The van der Waals surface area contributed by atoms with Gasteiger partial charge in [0.05, 0.1) is 11.1 Å². The Morgan fingerprint density at radius 3 is 2.12 bits per heavy atom. The van der Waals surface area contributed by atoms with Crippen LogP contribution in [0.2, 0.25) is 0 Å². The van der Waals surface area contributed by atoms with E-state index in [0.717, 1.165) is 35.1 Å². The molecule has 5 rings (SSSR count). The Balaban J connectivity index is 1.70. The highest BCUT2D eigenvalue weighted by Gasteiger charge is 2.37. The molecule has 26 heavy (non-hydrogen) atoms. The maximum Gasteiger partial charge on any atom is 0.259 e. The molecule has 0 saturated heterocycles. The van der Waals surface area contributed by atoms with Gasteiger partial charge in [-0.2, -0.15) is 0 Å². The van der Waals surface area contributed by atoms with Crippen LogP contribution in [0.25, 0.3) is 11.1 Å². The molecule has 1 aliphatic heterocycles. The van der Waals surface area contributed by atoms with Crippen LogP contribution in [0.3, 0.4) is 0 Å². The lowest BCUT2D eigenvalue weighted by Crippen LogP contribution is -2.23. The van der Waals surface area contributed by atoms with Crippen LogP contribution in [0.4, 0.5) is 0 Å². The summed E-state index contributed by atoms with van der Waals surface area (Å²) >= 11 is 0. The van der Waals surface area contributed by atoms with E-state index in [-0.39, 0.29) is 11.8 Å². The van der Waals surface area contributed by atoms with Gasteiger partial charge in [-0.15, -0.1) is 0 Å². The molecule has 0 radical (unpaired) electrons. The number of hydrogen-bond acceptors (Lipinski definition) is 2. The third-order valence-electron chi connectivity index (χ3n) is 5.38. The van der Waals surface area contributed by atoms with E-state index in [1.165, 1.54) is 16.7 Å². The highest BCUT2D eigenvalue weighted by Crippen LogP contribution is 2.42. The van der Waals surface area contributed by atoms with E-state index in [1.807, 2.05) is 18.2 Å². The number of allylic oxidation sites excluding steroid dienone is 2. The van der Waals surface area contributed by atoms with Crippen molar-refractivity contribution in [3.05, 3.63) is 93.6 Å². The van der Waals surface area contributed by atoms with Gasteiger partial charge in [0.2, 0.25) is 0 Å². The van der Waals surface area contributed by atoms with Gasteiger partial charge in [0.25, 0.3) is 11.8 Å². The molecule has 0 unspecified atom stereocenters. The normalized spacial score (nSPS) is 17.9. The molecule has 2 amide bonds. The van der Waals surface area contributed by atoms with Crippen LogP contribution >= 0.6 is 0 Å². The standard InChI is InChI=1S/C23H17NO2/c1-13-6-9-17-15(12-13)8-11-19(17)21-20(22(25)24-23(21)26)18-10-7-14-4-2-3-5-16(14)18/h2-6,9-12H,7-8H2,1H3,(H,24,25,26). The molecule has 0 atom stereocenters. The van der Waals surface area contributed by atoms with Crippen molar-refractivity contribution in [2.45, 2.75) is 19.8 Å². The number of rotatable bonds is 2. The van der Waals surface area contributed by atoms with Crippen molar-refractivity contribution in [1.82, 2.24) is 5.32 Å². The molecule has 1 heterocycles. The first kappa shape index (κ1) is 15.1. The summed E-state index contributed by atoms with van der Waals surface area (Å²) in [5.41, 5.74) is 8.49. The minimum absolute atomic E-state index is 0.296. The molecule has 126 valence electrons. The molecule has 3 nitrogen and oxygen atoms in total. The molecule has 1 N–H and O–H groups in total. The van der Waals surface area contributed by atoms with Gasteiger partial charge in [-0.3, -0.25) is 14.9 Å². The smallest absolute Gasteiger partial charge is 0.259 e. The Morgan fingerprint density at radius 1 is 0.769 bits per heavy atom. The average Bonchev–Trinajstić information content (AvgIpc) is 3.29. The first-order valence-corrected chi connectivity index (χ1v) is 8.82. The number of nitrogens with one attached hydrogen (secondary N) is 1. The number of fused-ring (bicyclic) bond motifs is 2. The highest BCUT2D eigenvalue weighted by molar-refractivity contribution is 6.32. The molecular formula is C23H17NO2. The van der Waals surface area contributed by atoms with E-state index in [9.17, 15) is 9.59 Å². The second kappa shape index (κ2) is 5.40. The lowest BCUT2D eigenvalue weighted by atomic mass is 9.90. The number of aryl methyl sites for hydroxylation is 1. The summed E-state index contributed by atoms with van der Waals surface area (Å²) in [6.45, 7) is 2.06. The zero-order valence-corrected chi connectivity index (χ0v) is 14.4. The van der Waals surface area contributed by atoms with Gasteiger partial charge in [-0.1, -0.05) is 60.2 Å². The minimum Gasteiger partial charge on any atom is -0.288 e. The Bertz CT molecular complexity index is 1100. The van der Waals surface area contributed by atoms with Crippen molar-refractivity contribution in [3.8, 4) is 0 Å². The van der Waals surface area contributed by atoms with Gasteiger partial charge in [0, 0.05) is 0 Å². The average molecular weight is 339 g/mol. The number of benzene rings is 2. The van der Waals surface area contributed by atoms with Gasteiger partial charge in [-0.05, 0) is 53.2 Å². The number of hydrogen-bond donors (Lipinski definition) is 1. The molecule has 2 aromatic rings. The van der Waals surface area contributed by atoms with Gasteiger partial charge in [0.1, 0.15) is 0 Å². The van der Waals surface area contributed by atoms with Gasteiger partial charge in [-0.25, -0.2) is 0 Å². The number of carbonyl (C=O) groups is 2. The maximum atomic E-state index is 12.7. The van der Waals surface area contributed by atoms with Crippen LogP contribution in [0.5, 0.6) is 0 Å². The Labute approximate surface area is 151 Å². The lowest BCUT2D eigenvalue weighted by Gasteiger charge is -2.10. The molecule has 0 saturated carbocycles. The van der Waals surface area contributed by atoms with E-state index < -0.39 is 0 Å². The molecule has 0 aromatic heterocycles. The highest BCUT2D eigenvalue weighted by atomic mass is 16.2. The molecule has 3 aliphatic rings. The molecule has 0 spiro atoms. The van der Waals surface area contributed by atoms with Crippen LogP contribution in [-0.2, 0) is 22.4 Å². The zero-order valence-electron chi connectivity index (χ0n) is 14.4. The fraction of sp³-hybridized carbons (Fsp3) is 0.130. The van der Waals surface area contributed by atoms with Gasteiger partial charge < -0.3 is 0 Å². The van der Waals surface area contributed by atoms with E-state index in [1.54, 1.807) is 0 Å². The Morgan fingerprint density at radius 2 is 1.38 bits per heavy atom. The monoisotopic (exact) mass is 339 g/mol. The number of carbonyl (C=O) groups excluding carboxylic acids is 2. The predicted molar refractivity (Wildman–Crippen MR) is 101 cm³/mol. The van der Waals surface area contributed by atoms with Gasteiger partial charge >= 0.3 is 0 Å². The molecule has 2 aromatic carbocycles. The van der Waals surface area contributed by atoms with Crippen molar-refractivity contribution in [1.29, 1.82) is 0 Å². The van der Waals surface area contributed by atoms with E-state index >= 15 is 0 Å². The Kier molecular flexibility index (Phi) is 3.13. The van der Waals surface area contributed by atoms with Crippen molar-refractivity contribution >= 4 is 23.0 Å². The van der Waals surface area contributed by atoms with Crippen LogP contribution in [0, 0.1) is 6.92 Å². The topological polar surface area (TPSA) is 46.2 Å². The summed E-state index contributed by atoms with van der Waals surface area (Å²) in [5, 5.41) is 2.51. The first-order valence-electron chi connectivity index (χ1n) is 8.82. The van der Waals surface area contributed by atoms with E-state index in [0.29, 0.717) is 11.1 Å². The van der Waals surface area contributed by atoms with E-state index in [2.05, 4.69) is 48.7 Å². The number of imide groups is 1. The van der Waals surface area contributed by atoms with Crippen LogP contribution in [0.15, 0.2) is 65.8 Å². The molecular weight excluding hydrogens is 322 g/mol.